The summed E-state index contributed by atoms with van der Waals surface area (Å²) in [6, 6.07) is 0. The van der Waals surface area contributed by atoms with Crippen LogP contribution in [0.3, 0.4) is 0 Å². The molecule has 1 aromatic carbocycles. The van der Waals surface area contributed by atoms with Gasteiger partial charge >= 0.3 is 7.12 Å². The third kappa shape index (κ3) is 1.69. The molecule has 0 spiro atoms. The maximum absolute atomic E-state index is 8.97. The predicted molar refractivity (Wildman–Crippen MR) is 63.2 cm³/mol. The van der Waals surface area contributed by atoms with Gasteiger partial charge in [-0.1, -0.05) is 0 Å². The minimum atomic E-state index is -1.83. The molecule has 2 N–H and O–H groups in total. The van der Waals surface area contributed by atoms with Crippen LogP contribution in [0.25, 0.3) is 0 Å². The molecule has 0 aromatic heterocycles. The Hall–Kier alpha value is -0.470. The van der Waals surface area contributed by atoms with Crippen molar-refractivity contribution in [2.45, 2.75) is 0 Å². The lowest BCUT2D eigenvalue weighted by Crippen LogP contribution is -2.66. The molecule has 0 amide bonds. The van der Waals surface area contributed by atoms with E-state index in [0.717, 1.165) is 0 Å². The van der Waals surface area contributed by atoms with Gasteiger partial charge in [0.05, 0.1) is 0 Å². The second kappa shape index (κ2) is 3.95. The lowest BCUT2D eigenvalue weighted by molar-refractivity contribution is 0.426. The van der Waals surface area contributed by atoms with Gasteiger partial charge in [-0.05, 0) is 5.46 Å². The molecule has 0 saturated carbocycles. The third-order valence-electron chi connectivity index (χ3n) is 2.00. The number of hydrogen-bond donors (Lipinski definition) is 2. The predicted octanol–water partition coefficient (Wildman–Crippen LogP) is -6.66. The molecule has 8 heteroatoms. The summed E-state index contributed by atoms with van der Waals surface area (Å²) in [5.41, 5.74) is -0.202. The van der Waals surface area contributed by atoms with E-state index in [1.165, 1.54) is 0 Å². The molecule has 56 valence electrons. The number of benzene rings is 1. The van der Waals surface area contributed by atoms with Gasteiger partial charge in [0.2, 0.25) is 0 Å². The summed E-state index contributed by atoms with van der Waals surface area (Å²) in [7, 11) is 25.6. The van der Waals surface area contributed by atoms with E-state index in [1.54, 1.807) is 0 Å². The maximum atomic E-state index is 8.97. The minimum absolute atomic E-state index is 0.000185. The first-order valence-electron chi connectivity index (χ1n) is 3.75. The van der Waals surface area contributed by atoms with Crippen LogP contribution in [0.4, 0.5) is 0 Å². The molecule has 0 aliphatic carbocycles. The molecule has 10 radical (unpaired) electrons. The van der Waals surface area contributed by atoms with Crippen molar-refractivity contribution in [3.8, 4) is 0 Å². The molecule has 0 fully saturated rings. The summed E-state index contributed by atoms with van der Waals surface area (Å²) in [6.07, 6.45) is 0. The van der Waals surface area contributed by atoms with E-state index < -0.39 is 7.12 Å². The van der Waals surface area contributed by atoms with Crippen molar-refractivity contribution in [2.75, 3.05) is 0 Å². The van der Waals surface area contributed by atoms with Gasteiger partial charge in [-0.25, -0.2) is 0 Å². The van der Waals surface area contributed by atoms with E-state index in [0.29, 0.717) is 0 Å². The molecule has 0 unspecified atom stereocenters. The Morgan fingerprint density at radius 1 is 0.643 bits per heavy atom. The molecule has 1 rings (SSSR count). The van der Waals surface area contributed by atoms with Gasteiger partial charge in [0.25, 0.3) is 0 Å². The summed E-state index contributed by atoms with van der Waals surface area (Å²) in [5.74, 6) is 0. The van der Waals surface area contributed by atoms with Crippen molar-refractivity contribution >= 4 is 79.1 Å². The van der Waals surface area contributed by atoms with Crippen LogP contribution in [-0.4, -0.2) is 56.4 Å². The molecule has 14 heavy (non-hydrogen) atoms. The lowest BCUT2D eigenvalue weighted by atomic mass is 9.54. The van der Waals surface area contributed by atoms with Crippen molar-refractivity contribution in [3.05, 3.63) is 0 Å². The van der Waals surface area contributed by atoms with Gasteiger partial charge in [-0.2, -0.15) is 0 Å². The van der Waals surface area contributed by atoms with Crippen molar-refractivity contribution < 1.29 is 10.0 Å². The molecule has 0 atom stereocenters. The summed E-state index contributed by atoms with van der Waals surface area (Å²) in [5, 5.41) is 17.9. The summed E-state index contributed by atoms with van der Waals surface area (Å²) in [6.45, 7) is 0. The fourth-order valence-corrected chi connectivity index (χ4v) is 1.15. The minimum Gasteiger partial charge on any atom is -0.423 e. The quantitative estimate of drug-likeness (QED) is 0.412. The van der Waals surface area contributed by atoms with Crippen LogP contribution in [0, 0.1) is 0 Å². The van der Waals surface area contributed by atoms with Crippen LogP contribution < -0.4 is 32.8 Å². The largest absolute Gasteiger partial charge is 0.487 e. The van der Waals surface area contributed by atoms with E-state index in [9.17, 15) is 0 Å². The Morgan fingerprint density at radius 3 is 1.21 bits per heavy atom. The topological polar surface area (TPSA) is 40.5 Å². The van der Waals surface area contributed by atoms with E-state index in [4.69, 9.17) is 49.3 Å². The third-order valence-corrected chi connectivity index (χ3v) is 2.00. The molecule has 0 saturated heterocycles. The van der Waals surface area contributed by atoms with Crippen molar-refractivity contribution in [2.24, 2.45) is 0 Å². The monoisotopic (exact) mass is 172 g/mol. The van der Waals surface area contributed by atoms with E-state index in [-0.39, 0.29) is 32.8 Å². The van der Waals surface area contributed by atoms with Gasteiger partial charge < -0.3 is 10.0 Å². The average Bonchev–Trinajstić information content (AvgIpc) is 2.11. The molecule has 0 aliphatic rings. The zero-order valence-corrected chi connectivity index (χ0v) is 7.36. The summed E-state index contributed by atoms with van der Waals surface area (Å²) >= 11 is 0. The van der Waals surface area contributed by atoms with Gasteiger partial charge in [-0.3, -0.25) is 0 Å². The second-order valence-corrected chi connectivity index (χ2v) is 2.86. The smallest absolute Gasteiger partial charge is 0.423 e. The van der Waals surface area contributed by atoms with Crippen LogP contribution in [0.15, 0.2) is 0 Å². The standard InChI is InChI=1S/C6H2B6O2/c7-1-2(8)4(10)6(12(13)14)5(11)3(1)9/h13-14H. The zero-order valence-electron chi connectivity index (χ0n) is 7.36. The number of rotatable bonds is 1. The van der Waals surface area contributed by atoms with Gasteiger partial charge in [0.15, 0.2) is 0 Å². The Kier molecular flexibility index (Phi) is 3.28. The fourth-order valence-electron chi connectivity index (χ4n) is 1.15. The van der Waals surface area contributed by atoms with Crippen molar-refractivity contribution in [3.63, 3.8) is 0 Å². The first-order valence-corrected chi connectivity index (χ1v) is 3.75. The van der Waals surface area contributed by atoms with E-state index >= 15 is 0 Å². The summed E-state index contributed by atoms with van der Waals surface area (Å²) < 4.78 is 0. The average molecular weight is 171 g/mol. The molecule has 0 aliphatic heterocycles. The lowest BCUT2D eigenvalue weighted by Gasteiger charge is -2.20. The Labute approximate surface area is 89.7 Å². The molecule has 2 nitrogen and oxygen atoms in total. The zero-order chi connectivity index (χ0) is 11.0. The first kappa shape index (κ1) is 11.6. The molecule has 1 aromatic rings. The highest BCUT2D eigenvalue weighted by Gasteiger charge is 2.19. The van der Waals surface area contributed by atoms with Crippen LogP contribution in [0.5, 0.6) is 0 Å². The highest BCUT2D eigenvalue weighted by Crippen LogP contribution is 1.69. The highest BCUT2D eigenvalue weighted by molar-refractivity contribution is 6.78. The normalized spacial score (nSPS) is 10.1. The Balaban J connectivity index is 3.60. The van der Waals surface area contributed by atoms with Gasteiger partial charge in [0.1, 0.15) is 39.2 Å². The Bertz CT molecular complexity index is 348. The van der Waals surface area contributed by atoms with Crippen molar-refractivity contribution in [1.29, 1.82) is 0 Å². The Morgan fingerprint density at radius 2 is 0.929 bits per heavy atom. The van der Waals surface area contributed by atoms with E-state index in [1.807, 2.05) is 0 Å². The second-order valence-electron chi connectivity index (χ2n) is 2.86. The van der Waals surface area contributed by atoms with Gasteiger partial charge in [-0.15, -0.1) is 27.3 Å². The summed E-state index contributed by atoms with van der Waals surface area (Å²) in [4.78, 5) is 0. The first-order chi connectivity index (χ1) is 6.37. The molecule has 0 bridgehead atoms. The fraction of sp³-hybridized carbons (Fsp3) is 0. The van der Waals surface area contributed by atoms with Crippen LogP contribution in [0.2, 0.25) is 0 Å². The van der Waals surface area contributed by atoms with Crippen molar-refractivity contribution in [1.82, 2.24) is 0 Å². The molecular formula is C6H2B6O2. The van der Waals surface area contributed by atoms with Crippen LogP contribution >= 0.6 is 0 Å². The number of hydrogen-bond acceptors (Lipinski definition) is 2. The SMILES string of the molecule is [B]c1c([B])c([B])c(B(O)O)c([B])c1[B]. The molecular weight excluding hydrogens is 169 g/mol. The van der Waals surface area contributed by atoms with E-state index in [2.05, 4.69) is 0 Å². The van der Waals surface area contributed by atoms with Crippen LogP contribution in [-0.2, 0) is 0 Å². The van der Waals surface area contributed by atoms with Crippen LogP contribution in [0.1, 0.15) is 0 Å². The van der Waals surface area contributed by atoms with Gasteiger partial charge in [0, 0.05) is 0 Å². The highest BCUT2D eigenvalue weighted by atomic mass is 16.4. The molecule has 0 heterocycles. The maximum Gasteiger partial charge on any atom is 0.487 e.